The van der Waals surface area contributed by atoms with Gasteiger partial charge < -0.3 is 20.6 Å². The van der Waals surface area contributed by atoms with E-state index in [2.05, 4.69) is 27.5 Å². The maximum atomic E-state index is 11.7. The summed E-state index contributed by atoms with van der Waals surface area (Å²) in [7, 11) is 2.12. The number of nitrogens with zero attached hydrogens (tertiary/aromatic N) is 2. The first-order valence-electron chi connectivity index (χ1n) is 6.88. The molecule has 0 aromatic heterocycles. The maximum Gasteiger partial charge on any atom is 0.319 e. The van der Waals surface area contributed by atoms with Crippen LogP contribution >= 0.6 is 0 Å². The van der Waals surface area contributed by atoms with E-state index in [0.717, 1.165) is 32.7 Å². The molecule has 0 saturated carbocycles. The Morgan fingerprint density at radius 3 is 2.75 bits per heavy atom. The van der Waals surface area contributed by atoms with Crippen molar-refractivity contribution in [1.82, 2.24) is 15.1 Å². The third-order valence-electron chi connectivity index (χ3n) is 3.41. The number of hydrogen-bond donors (Lipinski definition) is 3. The number of hydrogen-bond acceptors (Lipinski definition) is 4. The van der Waals surface area contributed by atoms with Crippen LogP contribution in [0.15, 0.2) is 24.3 Å². The lowest BCUT2D eigenvalue weighted by atomic mass is 10.3. The molecule has 3 N–H and O–H groups in total. The molecule has 6 nitrogen and oxygen atoms in total. The van der Waals surface area contributed by atoms with Gasteiger partial charge in [-0.15, -0.1) is 0 Å². The van der Waals surface area contributed by atoms with Gasteiger partial charge in [0.1, 0.15) is 5.75 Å². The molecule has 0 spiro atoms. The second-order valence-electron chi connectivity index (χ2n) is 5.08. The van der Waals surface area contributed by atoms with Crippen LogP contribution in [0.3, 0.4) is 0 Å². The second kappa shape index (κ2) is 7.12. The van der Waals surface area contributed by atoms with Crippen LogP contribution in [0.2, 0.25) is 0 Å². The molecule has 0 unspecified atom stereocenters. The molecule has 2 rings (SSSR count). The fourth-order valence-electron chi connectivity index (χ4n) is 2.16. The Morgan fingerprint density at radius 2 is 2.05 bits per heavy atom. The van der Waals surface area contributed by atoms with Crippen molar-refractivity contribution in [3.8, 4) is 5.75 Å². The van der Waals surface area contributed by atoms with Crippen LogP contribution in [0, 0.1) is 0 Å². The van der Waals surface area contributed by atoms with Gasteiger partial charge in [-0.1, -0.05) is 6.07 Å². The van der Waals surface area contributed by atoms with Crippen LogP contribution in [0.25, 0.3) is 0 Å². The largest absolute Gasteiger partial charge is 0.508 e. The summed E-state index contributed by atoms with van der Waals surface area (Å²) < 4.78 is 0. The highest BCUT2D eigenvalue weighted by Crippen LogP contribution is 2.14. The van der Waals surface area contributed by atoms with Gasteiger partial charge >= 0.3 is 6.03 Å². The molecule has 0 atom stereocenters. The molecule has 1 aliphatic rings. The van der Waals surface area contributed by atoms with Gasteiger partial charge in [0.15, 0.2) is 0 Å². The number of carbonyl (C=O) groups excluding carboxylic acids is 1. The maximum absolute atomic E-state index is 11.7. The molecule has 110 valence electrons. The predicted molar refractivity (Wildman–Crippen MR) is 79.1 cm³/mol. The van der Waals surface area contributed by atoms with E-state index in [1.54, 1.807) is 18.2 Å². The Hall–Kier alpha value is -1.79. The van der Waals surface area contributed by atoms with E-state index in [1.807, 2.05) is 0 Å². The zero-order valence-corrected chi connectivity index (χ0v) is 11.8. The van der Waals surface area contributed by atoms with Gasteiger partial charge in [-0.3, -0.25) is 4.90 Å². The van der Waals surface area contributed by atoms with Gasteiger partial charge in [-0.25, -0.2) is 4.79 Å². The molecule has 0 bridgehead atoms. The number of urea groups is 1. The topological polar surface area (TPSA) is 67.8 Å². The van der Waals surface area contributed by atoms with Gasteiger partial charge in [0.25, 0.3) is 0 Å². The molecular weight excluding hydrogens is 256 g/mol. The van der Waals surface area contributed by atoms with Crippen molar-refractivity contribution >= 4 is 11.7 Å². The van der Waals surface area contributed by atoms with Crippen molar-refractivity contribution in [2.75, 3.05) is 51.6 Å². The first kappa shape index (κ1) is 14.6. The highest BCUT2D eigenvalue weighted by atomic mass is 16.3. The molecule has 1 saturated heterocycles. The van der Waals surface area contributed by atoms with Crippen molar-refractivity contribution in [3.63, 3.8) is 0 Å². The number of piperazine rings is 1. The number of carbonyl (C=O) groups is 1. The molecule has 1 aromatic carbocycles. The third-order valence-corrected chi connectivity index (χ3v) is 3.41. The van der Waals surface area contributed by atoms with E-state index in [0.29, 0.717) is 12.2 Å². The van der Waals surface area contributed by atoms with Gasteiger partial charge in [0.2, 0.25) is 0 Å². The lowest BCUT2D eigenvalue weighted by molar-refractivity contribution is 0.155. The number of anilines is 1. The second-order valence-corrected chi connectivity index (χ2v) is 5.08. The zero-order chi connectivity index (χ0) is 14.4. The van der Waals surface area contributed by atoms with E-state index in [9.17, 15) is 9.90 Å². The molecule has 1 fully saturated rings. The minimum atomic E-state index is -0.246. The highest BCUT2D eigenvalue weighted by molar-refractivity contribution is 5.89. The quantitative estimate of drug-likeness (QED) is 0.761. The van der Waals surface area contributed by atoms with Crippen molar-refractivity contribution in [3.05, 3.63) is 24.3 Å². The Kier molecular flexibility index (Phi) is 5.20. The number of phenols is 1. The summed E-state index contributed by atoms with van der Waals surface area (Å²) in [4.78, 5) is 16.3. The Labute approximate surface area is 119 Å². The molecule has 1 aliphatic heterocycles. The van der Waals surface area contributed by atoms with Gasteiger partial charge in [0.05, 0.1) is 0 Å². The SMILES string of the molecule is CN1CCN(CCNC(=O)Nc2cccc(O)c2)CC1. The summed E-state index contributed by atoms with van der Waals surface area (Å²) in [6.07, 6.45) is 0. The first-order chi connectivity index (χ1) is 9.63. The van der Waals surface area contributed by atoms with E-state index < -0.39 is 0 Å². The standard InChI is InChI=1S/C14H22N4O2/c1-17-7-9-18(10-8-17)6-5-15-14(20)16-12-3-2-4-13(19)11-12/h2-4,11,19H,5-10H2,1H3,(H2,15,16,20). The lowest BCUT2D eigenvalue weighted by Crippen LogP contribution is -2.47. The number of benzene rings is 1. The number of amides is 2. The van der Waals surface area contributed by atoms with E-state index >= 15 is 0 Å². The molecule has 2 amide bonds. The molecule has 0 aliphatic carbocycles. The molecule has 20 heavy (non-hydrogen) atoms. The van der Waals surface area contributed by atoms with Crippen molar-refractivity contribution in [2.24, 2.45) is 0 Å². The van der Waals surface area contributed by atoms with Crippen molar-refractivity contribution in [2.45, 2.75) is 0 Å². The van der Waals surface area contributed by atoms with E-state index in [4.69, 9.17) is 0 Å². The van der Waals surface area contributed by atoms with Gasteiger partial charge in [-0.05, 0) is 19.2 Å². The number of aromatic hydroxyl groups is 1. The van der Waals surface area contributed by atoms with Crippen LogP contribution in [0.4, 0.5) is 10.5 Å². The Bertz CT molecular complexity index is 445. The van der Waals surface area contributed by atoms with Crippen LogP contribution in [0.5, 0.6) is 5.75 Å². The number of phenolic OH excluding ortho intramolecular Hbond substituents is 1. The number of likely N-dealkylation sites (N-methyl/N-ethyl adjacent to an activating group) is 1. The molecule has 1 heterocycles. The van der Waals surface area contributed by atoms with Gasteiger partial charge in [-0.2, -0.15) is 0 Å². The summed E-state index contributed by atoms with van der Waals surface area (Å²) >= 11 is 0. The summed E-state index contributed by atoms with van der Waals surface area (Å²) in [6, 6.07) is 6.26. The van der Waals surface area contributed by atoms with Crippen LogP contribution in [-0.2, 0) is 0 Å². The average molecular weight is 278 g/mol. The van der Waals surface area contributed by atoms with Crippen LogP contribution in [-0.4, -0.2) is 67.3 Å². The average Bonchev–Trinajstić information content (AvgIpc) is 2.41. The summed E-state index contributed by atoms with van der Waals surface area (Å²) in [5.41, 5.74) is 0.585. The Balaban J connectivity index is 1.65. The smallest absolute Gasteiger partial charge is 0.319 e. The van der Waals surface area contributed by atoms with Crippen LogP contribution in [0.1, 0.15) is 0 Å². The highest BCUT2D eigenvalue weighted by Gasteiger charge is 2.13. The first-order valence-corrected chi connectivity index (χ1v) is 6.88. The van der Waals surface area contributed by atoms with Gasteiger partial charge in [0, 0.05) is 51.0 Å². The molecule has 1 aromatic rings. The van der Waals surface area contributed by atoms with Crippen LogP contribution < -0.4 is 10.6 Å². The summed E-state index contributed by atoms with van der Waals surface area (Å²) in [5.74, 6) is 0.139. The fraction of sp³-hybridized carbons (Fsp3) is 0.500. The molecule has 0 radical (unpaired) electrons. The fourth-order valence-corrected chi connectivity index (χ4v) is 2.16. The monoisotopic (exact) mass is 278 g/mol. The van der Waals surface area contributed by atoms with Crippen molar-refractivity contribution in [1.29, 1.82) is 0 Å². The molecule has 6 heteroatoms. The lowest BCUT2D eigenvalue weighted by Gasteiger charge is -2.32. The zero-order valence-electron chi connectivity index (χ0n) is 11.8. The van der Waals surface area contributed by atoms with E-state index in [-0.39, 0.29) is 11.8 Å². The van der Waals surface area contributed by atoms with E-state index in [1.165, 1.54) is 6.07 Å². The number of nitrogens with one attached hydrogen (secondary N) is 2. The number of rotatable bonds is 4. The van der Waals surface area contributed by atoms with Crippen molar-refractivity contribution < 1.29 is 9.90 Å². The Morgan fingerprint density at radius 1 is 1.30 bits per heavy atom. The normalized spacial score (nSPS) is 16.9. The minimum absolute atomic E-state index is 0.139. The minimum Gasteiger partial charge on any atom is -0.508 e. The third kappa shape index (κ3) is 4.71. The summed E-state index contributed by atoms with van der Waals surface area (Å²) in [6.45, 7) is 5.74. The summed E-state index contributed by atoms with van der Waals surface area (Å²) in [5, 5.41) is 14.8. The molecular formula is C14H22N4O2. The predicted octanol–water partition coefficient (Wildman–Crippen LogP) is 0.761.